The molecule has 0 unspecified atom stereocenters. The van der Waals surface area contributed by atoms with Crippen LogP contribution < -0.4 is 5.32 Å². The summed E-state index contributed by atoms with van der Waals surface area (Å²) in [6.45, 7) is 3.60. The SMILES string of the molecule is C=CCOC(=O)Nc1ccc2cc(F)ccc2c1Br. The van der Waals surface area contributed by atoms with Crippen molar-refractivity contribution in [2.24, 2.45) is 0 Å². The molecule has 2 aromatic rings. The third kappa shape index (κ3) is 3.12. The van der Waals surface area contributed by atoms with Gasteiger partial charge in [-0.3, -0.25) is 5.32 Å². The molecule has 1 N–H and O–H groups in total. The molecule has 2 aromatic carbocycles. The molecule has 0 bridgehead atoms. The molecule has 0 saturated carbocycles. The van der Waals surface area contributed by atoms with Crippen LogP contribution in [0.1, 0.15) is 0 Å². The summed E-state index contributed by atoms with van der Waals surface area (Å²) in [4.78, 5) is 11.5. The van der Waals surface area contributed by atoms with Crippen LogP contribution >= 0.6 is 15.9 Å². The number of amides is 1. The second kappa shape index (κ2) is 5.84. The van der Waals surface area contributed by atoms with E-state index >= 15 is 0 Å². The number of hydrogen-bond donors (Lipinski definition) is 1. The zero-order valence-electron chi connectivity index (χ0n) is 9.95. The highest BCUT2D eigenvalue weighted by atomic mass is 79.9. The Morgan fingerprint density at radius 2 is 2.21 bits per heavy atom. The van der Waals surface area contributed by atoms with Crippen LogP contribution in [-0.2, 0) is 4.74 Å². The fraction of sp³-hybridized carbons (Fsp3) is 0.0714. The Hall–Kier alpha value is -1.88. The van der Waals surface area contributed by atoms with Crippen molar-refractivity contribution in [1.82, 2.24) is 0 Å². The Bertz CT molecular complexity index is 643. The Morgan fingerprint density at radius 3 is 2.95 bits per heavy atom. The van der Waals surface area contributed by atoms with E-state index in [1.165, 1.54) is 18.2 Å². The molecular formula is C14H11BrFNO2. The van der Waals surface area contributed by atoms with E-state index in [4.69, 9.17) is 4.74 Å². The van der Waals surface area contributed by atoms with Gasteiger partial charge in [-0.1, -0.05) is 24.8 Å². The number of benzene rings is 2. The highest BCUT2D eigenvalue weighted by Crippen LogP contribution is 2.31. The molecule has 98 valence electrons. The minimum absolute atomic E-state index is 0.141. The van der Waals surface area contributed by atoms with Crippen molar-refractivity contribution < 1.29 is 13.9 Å². The molecule has 19 heavy (non-hydrogen) atoms. The van der Waals surface area contributed by atoms with E-state index in [-0.39, 0.29) is 12.4 Å². The third-order valence-corrected chi connectivity index (χ3v) is 3.34. The number of ether oxygens (including phenoxy) is 1. The predicted molar refractivity (Wildman–Crippen MR) is 76.8 cm³/mol. The first-order valence-electron chi connectivity index (χ1n) is 5.54. The van der Waals surface area contributed by atoms with Gasteiger partial charge in [-0.15, -0.1) is 0 Å². The quantitative estimate of drug-likeness (QED) is 0.846. The Kier molecular flexibility index (Phi) is 4.16. The number of carbonyl (C=O) groups excluding carboxylic acids is 1. The molecular weight excluding hydrogens is 313 g/mol. The second-order valence-corrected chi connectivity index (χ2v) is 4.60. The summed E-state index contributed by atoms with van der Waals surface area (Å²) >= 11 is 3.39. The molecule has 0 spiro atoms. The zero-order chi connectivity index (χ0) is 13.8. The second-order valence-electron chi connectivity index (χ2n) is 3.80. The Labute approximate surface area is 118 Å². The number of hydrogen-bond acceptors (Lipinski definition) is 2. The lowest BCUT2D eigenvalue weighted by atomic mass is 10.1. The molecule has 0 aliphatic carbocycles. The lowest BCUT2D eigenvalue weighted by Crippen LogP contribution is -2.13. The minimum atomic E-state index is -0.568. The maximum Gasteiger partial charge on any atom is 0.411 e. The van der Waals surface area contributed by atoms with Crippen LogP contribution in [0.25, 0.3) is 10.8 Å². The summed E-state index contributed by atoms with van der Waals surface area (Å²) in [5, 5.41) is 4.16. The molecule has 0 aliphatic rings. The molecule has 0 atom stereocenters. The first-order valence-corrected chi connectivity index (χ1v) is 6.33. The normalized spacial score (nSPS) is 10.2. The molecule has 0 saturated heterocycles. The molecule has 2 rings (SSSR count). The van der Waals surface area contributed by atoms with Crippen LogP contribution in [0, 0.1) is 5.82 Å². The van der Waals surface area contributed by atoms with Crippen molar-refractivity contribution >= 4 is 38.5 Å². The van der Waals surface area contributed by atoms with E-state index in [0.717, 1.165) is 10.8 Å². The monoisotopic (exact) mass is 323 g/mol. The van der Waals surface area contributed by atoms with E-state index in [1.807, 2.05) is 0 Å². The van der Waals surface area contributed by atoms with Gasteiger partial charge in [0, 0.05) is 4.47 Å². The van der Waals surface area contributed by atoms with Gasteiger partial charge in [0.25, 0.3) is 0 Å². The molecule has 5 heteroatoms. The molecule has 0 aromatic heterocycles. The van der Waals surface area contributed by atoms with Crippen LogP contribution in [0.3, 0.4) is 0 Å². The van der Waals surface area contributed by atoms with Gasteiger partial charge in [-0.05, 0) is 44.9 Å². The molecule has 0 heterocycles. The summed E-state index contributed by atoms with van der Waals surface area (Å²) in [6.07, 6.45) is 0.916. The number of nitrogens with one attached hydrogen (secondary N) is 1. The van der Waals surface area contributed by atoms with Crippen molar-refractivity contribution in [2.45, 2.75) is 0 Å². The van der Waals surface area contributed by atoms with Gasteiger partial charge < -0.3 is 4.74 Å². The minimum Gasteiger partial charge on any atom is -0.445 e. The topological polar surface area (TPSA) is 38.3 Å². The highest BCUT2D eigenvalue weighted by molar-refractivity contribution is 9.10. The molecule has 0 fully saturated rings. The van der Waals surface area contributed by atoms with Crippen molar-refractivity contribution in [2.75, 3.05) is 11.9 Å². The van der Waals surface area contributed by atoms with Crippen molar-refractivity contribution in [3.05, 3.63) is 53.3 Å². The van der Waals surface area contributed by atoms with Gasteiger partial charge in [-0.25, -0.2) is 9.18 Å². The van der Waals surface area contributed by atoms with Gasteiger partial charge in [0.05, 0.1) is 5.69 Å². The molecule has 0 radical (unpaired) electrons. The van der Waals surface area contributed by atoms with E-state index in [9.17, 15) is 9.18 Å². The summed E-state index contributed by atoms with van der Waals surface area (Å²) < 4.78 is 18.6. The predicted octanol–water partition coefficient (Wildman–Crippen LogP) is 4.48. The highest BCUT2D eigenvalue weighted by Gasteiger charge is 2.09. The summed E-state index contributed by atoms with van der Waals surface area (Å²) in [5.41, 5.74) is 0.563. The van der Waals surface area contributed by atoms with Gasteiger partial charge >= 0.3 is 6.09 Å². The first kappa shape index (κ1) is 13.5. The number of anilines is 1. The fourth-order valence-corrected chi connectivity index (χ4v) is 2.23. The van der Waals surface area contributed by atoms with Gasteiger partial charge in [0.2, 0.25) is 0 Å². The summed E-state index contributed by atoms with van der Waals surface area (Å²) in [5.74, 6) is -0.300. The maximum absolute atomic E-state index is 13.1. The van der Waals surface area contributed by atoms with Crippen LogP contribution in [-0.4, -0.2) is 12.7 Å². The largest absolute Gasteiger partial charge is 0.445 e. The average molecular weight is 324 g/mol. The van der Waals surface area contributed by atoms with Crippen molar-refractivity contribution in [3.63, 3.8) is 0 Å². The lowest BCUT2D eigenvalue weighted by Gasteiger charge is -2.09. The Morgan fingerprint density at radius 1 is 1.42 bits per heavy atom. The van der Waals surface area contributed by atoms with Gasteiger partial charge in [-0.2, -0.15) is 0 Å². The number of fused-ring (bicyclic) bond motifs is 1. The number of carbonyl (C=O) groups is 1. The van der Waals surface area contributed by atoms with E-state index in [0.29, 0.717) is 10.2 Å². The number of halogens is 2. The van der Waals surface area contributed by atoms with E-state index in [2.05, 4.69) is 27.8 Å². The molecule has 1 amide bonds. The van der Waals surface area contributed by atoms with E-state index < -0.39 is 6.09 Å². The smallest absolute Gasteiger partial charge is 0.411 e. The maximum atomic E-state index is 13.1. The Balaban J connectivity index is 2.30. The first-order chi connectivity index (χ1) is 9.11. The summed E-state index contributed by atoms with van der Waals surface area (Å²) in [7, 11) is 0. The molecule has 3 nitrogen and oxygen atoms in total. The van der Waals surface area contributed by atoms with Crippen LogP contribution in [0.2, 0.25) is 0 Å². The van der Waals surface area contributed by atoms with Crippen molar-refractivity contribution in [1.29, 1.82) is 0 Å². The standard InChI is InChI=1S/C14H11BrFNO2/c1-2-7-19-14(18)17-12-6-3-9-8-10(16)4-5-11(9)13(12)15/h2-6,8H,1,7H2,(H,17,18). The molecule has 0 aliphatic heterocycles. The van der Waals surface area contributed by atoms with Crippen LogP contribution in [0.5, 0.6) is 0 Å². The van der Waals surface area contributed by atoms with Gasteiger partial charge in [0.1, 0.15) is 12.4 Å². The van der Waals surface area contributed by atoms with E-state index in [1.54, 1.807) is 18.2 Å². The van der Waals surface area contributed by atoms with Crippen molar-refractivity contribution in [3.8, 4) is 0 Å². The zero-order valence-corrected chi connectivity index (χ0v) is 11.5. The number of rotatable bonds is 3. The lowest BCUT2D eigenvalue weighted by molar-refractivity contribution is 0.174. The van der Waals surface area contributed by atoms with Gasteiger partial charge in [0.15, 0.2) is 0 Å². The van der Waals surface area contributed by atoms with Crippen LogP contribution in [0.15, 0.2) is 47.5 Å². The third-order valence-electron chi connectivity index (χ3n) is 2.49. The average Bonchev–Trinajstić information content (AvgIpc) is 2.39. The summed E-state index contributed by atoms with van der Waals surface area (Å²) in [6, 6.07) is 7.86. The fourth-order valence-electron chi connectivity index (χ4n) is 1.64. The van der Waals surface area contributed by atoms with Crippen LogP contribution in [0.4, 0.5) is 14.9 Å².